The number of benzene rings is 1. The molecule has 7 nitrogen and oxygen atoms in total. The van der Waals surface area contributed by atoms with Crippen molar-refractivity contribution in [3.05, 3.63) is 69.0 Å². The van der Waals surface area contributed by atoms with Gasteiger partial charge in [-0.2, -0.15) is 0 Å². The van der Waals surface area contributed by atoms with Crippen molar-refractivity contribution in [1.82, 2.24) is 19.4 Å². The third-order valence-electron chi connectivity index (χ3n) is 6.07. The normalized spacial score (nSPS) is 16.0. The first-order valence-corrected chi connectivity index (χ1v) is 11.3. The van der Waals surface area contributed by atoms with Crippen molar-refractivity contribution in [3.63, 3.8) is 0 Å². The van der Waals surface area contributed by atoms with E-state index in [1.807, 2.05) is 24.3 Å². The second-order valence-corrected chi connectivity index (χ2v) is 8.98. The highest BCUT2D eigenvalue weighted by atomic mass is 35.5. The molecular formula is C23H26Cl2N4O3S. The summed E-state index contributed by atoms with van der Waals surface area (Å²) in [6.45, 7) is 3.23. The predicted octanol–water partition coefficient (Wildman–Crippen LogP) is 4.03. The van der Waals surface area contributed by atoms with Gasteiger partial charge in [0, 0.05) is 25.2 Å². The molecule has 0 unspecified atom stereocenters. The van der Waals surface area contributed by atoms with Gasteiger partial charge in [0.25, 0.3) is 5.56 Å². The van der Waals surface area contributed by atoms with E-state index in [9.17, 15) is 9.59 Å². The molecule has 5 rings (SSSR count). The summed E-state index contributed by atoms with van der Waals surface area (Å²) in [6, 6.07) is 12.0. The van der Waals surface area contributed by atoms with Crippen LogP contribution >= 0.6 is 36.2 Å². The van der Waals surface area contributed by atoms with Gasteiger partial charge in [0.1, 0.15) is 16.0 Å². The Balaban J connectivity index is 0.00000153. The lowest BCUT2D eigenvalue weighted by Crippen LogP contribution is -2.35. The fourth-order valence-corrected chi connectivity index (χ4v) is 5.60. The number of ether oxygens (including phenoxy) is 1. The van der Waals surface area contributed by atoms with Crippen molar-refractivity contribution < 1.29 is 4.74 Å². The molecule has 1 aliphatic rings. The van der Waals surface area contributed by atoms with Crippen LogP contribution in [0.3, 0.4) is 0 Å². The van der Waals surface area contributed by atoms with Gasteiger partial charge in [-0.3, -0.25) is 14.3 Å². The van der Waals surface area contributed by atoms with Crippen LogP contribution in [0, 0.1) is 0 Å². The molecule has 1 N–H and O–H groups in total. The molecule has 10 heteroatoms. The number of methoxy groups -OCH3 is 1. The van der Waals surface area contributed by atoms with E-state index in [4.69, 9.17) is 4.74 Å². The highest BCUT2D eigenvalue weighted by Crippen LogP contribution is 2.33. The number of para-hydroxylation sites is 1. The topological polar surface area (TPSA) is 80.2 Å². The first kappa shape index (κ1) is 25.2. The minimum atomic E-state index is -0.365. The largest absolute Gasteiger partial charge is 0.496 e. The SMILES string of the molecule is COc1ccccc1[C@H]1CCN(CCCn2c(=O)[nH]c3c(sc4cccnc43)c2=O)C1.Cl.Cl. The third kappa shape index (κ3) is 4.80. The van der Waals surface area contributed by atoms with E-state index in [1.54, 1.807) is 13.3 Å². The summed E-state index contributed by atoms with van der Waals surface area (Å²) in [4.78, 5) is 35.1. The molecule has 1 atom stereocenters. The van der Waals surface area contributed by atoms with Gasteiger partial charge in [-0.15, -0.1) is 36.2 Å². The van der Waals surface area contributed by atoms with Gasteiger partial charge < -0.3 is 14.6 Å². The Hall–Kier alpha value is -2.39. The second-order valence-electron chi connectivity index (χ2n) is 7.92. The molecule has 1 fully saturated rings. The Morgan fingerprint density at radius 1 is 1.15 bits per heavy atom. The number of nitrogens with one attached hydrogen (secondary N) is 1. The molecule has 1 aromatic carbocycles. The first-order chi connectivity index (χ1) is 15.2. The van der Waals surface area contributed by atoms with E-state index in [2.05, 4.69) is 27.0 Å². The van der Waals surface area contributed by atoms with E-state index in [0.717, 1.165) is 42.9 Å². The summed E-state index contributed by atoms with van der Waals surface area (Å²) in [7, 11) is 1.71. The van der Waals surface area contributed by atoms with Crippen molar-refractivity contribution >= 4 is 56.6 Å². The van der Waals surface area contributed by atoms with Crippen LogP contribution in [0.5, 0.6) is 5.75 Å². The Kier molecular flexibility index (Phi) is 8.18. The number of thiophene rings is 1. The number of rotatable bonds is 6. The maximum absolute atomic E-state index is 13.0. The van der Waals surface area contributed by atoms with E-state index in [0.29, 0.717) is 28.2 Å². The van der Waals surface area contributed by atoms with E-state index in [1.165, 1.54) is 21.5 Å². The number of hydrogen-bond donors (Lipinski definition) is 1. The van der Waals surface area contributed by atoms with E-state index in [-0.39, 0.29) is 36.1 Å². The van der Waals surface area contributed by atoms with Crippen LogP contribution in [0.2, 0.25) is 0 Å². The predicted molar refractivity (Wildman–Crippen MR) is 138 cm³/mol. The summed E-state index contributed by atoms with van der Waals surface area (Å²) in [5.74, 6) is 1.39. The van der Waals surface area contributed by atoms with Crippen molar-refractivity contribution in [2.45, 2.75) is 25.3 Å². The number of aromatic nitrogens is 3. The van der Waals surface area contributed by atoms with Crippen LogP contribution in [-0.4, -0.2) is 46.2 Å². The summed E-state index contributed by atoms with van der Waals surface area (Å²) < 4.78 is 8.31. The lowest BCUT2D eigenvalue weighted by atomic mass is 9.97. The molecule has 0 saturated carbocycles. The molecule has 0 radical (unpaired) electrons. The van der Waals surface area contributed by atoms with Gasteiger partial charge in [-0.1, -0.05) is 18.2 Å². The Morgan fingerprint density at radius 3 is 2.79 bits per heavy atom. The number of fused-ring (bicyclic) bond motifs is 3. The van der Waals surface area contributed by atoms with Crippen molar-refractivity contribution in [1.29, 1.82) is 0 Å². The quantitative estimate of drug-likeness (QED) is 0.425. The number of pyridine rings is 1. The maximum atomic E-state index is 13.0. The monoisotopic (exact) mass is 508 g/mol. The standard InChI is InChI=1S/C23H24N4O3S.2ClH/c1-30-17-7-3-2-6-16(17)15-9-13-26(14-15)11-5-12-27-22(28)21-20(25-23(27)29)19-18(31-21)8-4-10-24-19;;/h2-4,6-8,10,15H,5,9,11-14H2,1H3,(H,25,29);2*1H/t15-;;/m0../s1. The van der Waals surface area contributed by atoms with Gasteiger partial charge >= 0.3 is 5.69 Å². The fraction of sp³-hybridized carbons (Fsp3) is 0.348. The molecule has 4 aromatic rings. The zero-order chi connectivity index (χ0) is 21.4. The van der Waals surface area contributed by atoms with Crippen LogP contribution < -0.4 is 16.0 Å². The molecule has 0 aliphatic carbocycles. The number of H-pyrrole nitrogens is 1. The van der Waals surface area contributed by atoms with Gasteiger partial charge in [0.2, 0.25) is 0 Å². The van der Waals surface area contributed by atoms with Crippen LogP contribution in [0.25, 0.3) is 20.4 Å². The van der Waals surface area contributed by atoms with Crippen molar-refractivity contribution in [3.8, 4) is 5.75 Å². The smallest absolute Gasteiger partial charge is 0.328 e. The van der Waals surface area contributed by atoms with E-state index >= 15 is 0 Å². The Morgan fingerprint density at radius 2 is 1.97 bits per heavy atom. The maximum Gasteiger partial charge on any atom is 0.328 e. The minimum Gasteiger partial charge on any atom is -0.496 e. The van der Waals surface area contributed by atoms with E-state index < -0.39 is 0 Å². The molecule has 4 heterocycles. The molecule has 1 saturated heterocycles. The highest BCUT2D eigenvalue weighted by molar-refractivity contribution is 7.25. The van der Waals surface area contributed by atoms with Crippen LogP contribution in [0.15, 0.2) is 52.2 Å². The summed E-state index contributed by atoms with van der Waals surface area (Å²) >= 11 is 1.38. The van der Waals surface area contributed by atoms with Crippen LogP contribution in [0.1, 0.15) is 24.3 Å². The van der Waals surface area contributed by atoms with Gasteiger partial charge in [0.15, 0.2) is 0 Å². The summed E-state index contributed by atoms with van der Waals surface area (Å²) in [5.41, 5.74) is 1.89. The second kappa shape index (κ2) is 10.7. The lowest BCUT2D eigenvalue weighted by molar-refractivity contribution is 0.318. The average Bonchev–Trinajstić information content (AvgIpc) is 3.41. The third-order valence-corrected chi connectivity index (χ3v) is 7.20. The lowest BCUT2D eigenvalue weighted by Gasteiger charge is -2.17. The number of nitrogens with zero attached hydrogens (tertiary/aromatic N) is 3. The zero-order valence-corrected chi connectivity index (χ0v) is 20.6. The number of aromatic amines is 1. The summed E-state index contributed by atoms with van der Waals surface area (Å²) in [5, 5.41) is 0. The molecule has 0 bridgehead atoms. The van der Waals surface area contributed by atoms with Crippen molar-refractivity contribution in [2.24, 2.45) is 0 Å². The van der Waals surface area contributed by atoms with Crippen LogP contribution in [0.4, 0.5) is 0 Å². The van der Waals surface area contributed by atoms with Gasteiger partial charge in [-0.05, 0) is 49.7 Å². The van der Waals surface area contributed by atoms with Gasteiger partial charge in [0.05, 0.1) is 17.3 Å². The molecule has 33 heavy (non-hydrogen) atoms. The fourth-order valence-electron chi connectivity index (χ4n) is 4.53. The highest BCUT2D eigenvalue weighted by Gasteiger charge is 2.25. The summed E-state index contributed by atoms with van der Waals surface area (Å²) in [6.07, 6.45) is 3.50. The molecule has 0 amide bonds. The van der Waals surface area contributed by atoms with Crippen LogP contribution in [-0.2, 0) is 6.54 Å². The van der Waals surface area contributed by atoms with Gasteiger partial charge in [-0.25, -0.2) is 4.79 Å². The number of halogens is 2. The zero-order valence-electron chi connectivity index (χ0n) is 18.2. The molecule has 176 valence electrons. The molecule has 0 spiro atoms. The molecule has 3 aromatic heterocycles. The first-order valence-electron chi connectivity index (χ1n) is 10.5. The van der Waals surface area contributed by atoms with Crippen molar-refractivity contribution in [2.75, 3.05) is 26.7 Å². The average molecular weight is 509 g/mol. The Bertz CT molecular complexity index is 1370. The minimum absolute atomic E-state index is 0. The molecular weight excluding hydrogens is 483 g/mol. The number of hydrogen-bond acceptors (Lipinski definition) is 6. The molecule has 1 aliphatic heterocycles. The number of likely N-dealkylation sites (tertiary alicyclic amines) is 1. The Labute approximate surface area is 207 Å².